The summed E-state index contributed by atoms with van der Waals surface area (Å²) in [7, 11) is 0. The average Bonchev–Trinajstić information content (AvgIpc) is 2.46. The molecule has 0 heterocycles. The molecular formula is C17H23NO4. The number of hydrogen-bond acceptors (Lipinski definition) is 4. The van der Waals surface area contributed by atoms with Gasteiger partial charge in [0.15, 0.2) is 0 Å². The number of nitro benzene ring substituents is 1. The highest BCUT2D eigenvalue weighted by atomic mass is 16.6. The molecule has 5 heteroatoms. The van der Waals surface area contributed by atoms with Gasteiger partial charge in [-0.25, -0.2) is 4.79 Å². The topological polar surface area (TPSA) is 69.4 Å². The number of nitrogens with zero attached hydrogens (tertiary/aromatic N) is 1. The number of benzene rings is 1. The predicted molar refractivity (Wildman–Crippen MR) is 83.7 cm³/mol. The van der Waals surface area contributed by atoms with Gasteiger partial charge >= 0.3 is 5.97 Å². The minimum atomic E-state index is -0.480. The number of nitro groups is 1. The molecule has 120 valence electrons. The van der Waals surface area contributed by atoms with Crippen LogP contribution in [0.4, 0.5) is 5.69 Å². The fraction of sp³-hybridized carbons (Fsp3) is 0.588. The van der Waals surface area contributed by atoms with Crippen molar-refractivity contribution in [3.05, 3.63) is 39.9 Å². The molecule has 2 atom stereocenters. The van der Waals surface area contributed by atoms with Crippen LogP contribution in [0.1, 0.15) is 56.8 Å². The van der Waals surface area contributed by atoms with Gasteiger partial charge in [-0.1, -0.05) is 27.2 Å². The normalized spacial score (nSPS) is 22.1. The van der Waals surface area contributed by atoms with E-state index in [9.17, 15) is 14.9 Å². The minimum absolute atomic E-state index is 0.0261. The fourth-order valence-electron chi connectivity index (χ4n) is 3.15. The second-order valence-electron chi connectivity index (χ2n) is 7.00. The van der Waals surface area contributed by atoms with Gasteiger partial charge in [-0.15, -0.1) is 0 Å². The summed E-state index contributed by atoms with van der Waals surface area (Å²) in [5, 5.41) is 10.6. The minimum Gasteiger partial charge on any atom is -0.458 e. The fourth-order valence-corrected chi connectivity index (χ4v) is 3.15. The van der Waals surface area contributed by atoms with E-state index >= 15 is 0 Å². The highest BCUT2D eigenvalue weighted by molar-refractivity contribution is 5.89. The SMILES string of the molecule is CC(C)(C)[C@@H]1CCCC[C@@H]1OC(=O)c1ccc([N+](=O)[O-])cc1. The smallest absolute Gasteiger partial charge is 0.338 e. The molecule has 1 aromatic rings. The molecule has 0 spiro atoms. The van der Waals surface area contributed by atoms with E-state index in [0.29, 0.717) is 11.5 Å². The molecule has 2 rings (SSSR count). The van der Waals surface area contributed by atoms with Gasteiger partial charge in [-0.2, -0.15) is 0 Å². The van der Waals surface area contributed by atoms with E-state index in [1.54, 1.807) is 0 Å². The summed E-state index contributed by atoms with van der Waals surface area (Å²) in [4.78, 5) is 22.4. The molecule has 0 unspecified atom stereocenters. The summed E-state index contributed by atoms with van der Waals surface area (Å²) in [5.41, 5.74) is 0.437. The molecule has 0 aliphatic heterocycles. The van der Waals surface area contributed by atoms with E-state index in [2.05, 4.69) is 20.8 Å². The Balaban J connectivity index is 2.08. The van der Waals surface area contributed by atoms with Crippen LogP contribution in [0, 0.1) is 21.4 Å². The first-order valence-electron chi connectivity index (χ1n) is 7.74. The Labute approximate surface area is 130 Å². The van der Waals surface area contributed by atoms with Crippen molar-refractivity contribution in [1.82, 2.24) is 0 Å². The van der Waals surface area contributed by atoms with Gasteiger partial charge in [0.1, 0.15) is 6.10 Å². The van der Waals surface area contributed by atoms with Crippen molar-refractivity contribution < 1.29 is 14.5 Å². The molecule has 0 bridgehead atoms. The number of esters is 1. The maximum absolute atomic E-state index is 12.3. The van der Waals surface area contributed by atoms with Crippen molar-refractivity contribution >= 4 is 11.7 Å². The Bertz CT molecular complexity index is 545. The van der Waals surface area contributed by atoms with Crippen LogP contribution in [-0.2, 0) is 4.74 Å². The molecule has 0 saturated heterocycles. The van der Waals surface area contributed by atoms with Crippen molar-refractivity contribution in [2.24, 2.45) is 11.3 Å². The lowest BCUT2D eigenvalue weighted by Crippen LogP contribution is -2.38. The first-order valence-corrected chi connectivity index (χ1v) is 7.74. The standard InChI is InChI=1S/C17H23NO4/c1-17(2,3)14-6-4-5-7-15(14)22-16(19)12-8-10-13(11-9-12)18(20)21/h8-11,14-15H,4-7H2,1-3H3/t14-,15+/m1/s1. The Morgan fingerprint density at radius 3 is 2.32 bits per heavy atom. The van der Waals surface area contributed by atoms with E-state index in [1.165, 1.54) is 30.7 Å². The lowest BCUT2D eigenvalue weighted by molar-refractivity contribution is -0.384. The highest BCUT2D eigenvalue weighted by Crippen LogP contribution is 2.39. The summed E-state index contributed by atoms with van der Waals surface area (Å²) >= 11 is 0. The van der Waals surface area contributed by atoms with Crippen LogP contribution in [0.15, 0.2) is 24.3 Å². The quantitative estimate of drug-likeness (QED) is 0.473. The van der Waals surface area contributed by atoms with Gasteiger partial charge in [0.25, 0.3) is 5.69 Å². The van der Waals surface area contributed by atoms with Crippen molar-refractivity contribution in [2.45, 2.75) is 52.6 Å². The van der Waals surface area contributed by atoms with Gasteiger partial charge in [0, 0.05) is 18.1 Å². The second kappa shape index (κ2) is 6.46. The number of hydrogen-bond donors (Lipinski definition) is 0. The molecule has 0 N–H and O–H groups in total. The lowest BCUT2D eigenvalue weighted by atomic mass is 9.70. The summed E-state index contributed by atoms with van der Waals surface area (Å²) < 4.78 is 5.71. The van der Waals surface area contributed by atoms with Crippen LogP contribution in [0.5, 0.6) is 0 Å². The molecule has 0 aromatic heterocycles. The number of non-ortho nitro benzene ring substituents is 1. The first-order chi connectivity index (χ1) is 10.3. The summed E-state index contributed by atoms with van der Waals surface area (Å²) in [6.07, 6.45) is 4.14. The number of ether oxygens (including phenoxy) is 1. The van der Waals surface area contributed by atoms with Crippen molar-refractivity contribution in [3.63, 3.8) is 0 Å². The maximum atomic E-state index is 12.3. The monoisotopic (exact) mass is 305 g/mol. The summed E-state index contributed by atoms with van der Waals surface area (Å²) in [6.45, 7) is 6.53. The van der Waals surface area contributed by atoms with Crippen LogP contribution in [0.25, 0.3) is 0 Å². The molecular weight excluding hydrogens is 282 g/mol. The van der Waals surface area contributed by atoms with Gasteiger partial charge in [0.05, 0.1) is 10.5 Å². The van der Waals surface area contributed by atoms with Gasteiger partial charge in [-0.3, -0.25) is 10.1 Å². The molecule has 1 aliphatic rings. The van der Waals surface area contributed by atoms with Gasteiger partial charge < -0.3 is 4.74 Å². The van der Waals surface area contributed by atoms with E-state index in [4.69, 9.17) is 4.74 Å². The van der Waals surface area contributed by atoms with Gasteiger partial charge in [0.2, 0.25) is 0 Å². The van der Waals surface area contributed by atoms with E-state index in [-0.39, 0.29) is 17.2 Å². The largest absolute Gasteiger partial charge is 0.458 e. The van der Waals surface area contributed by atoms with E-state index in [1.807, 2.05) is 0 Å². The Morgan fingerprint density at radius 2 is 1.77 bits per heavy atom. The Hall–Kier alpha value is -1.91. The zero-order valence-corrected chi connectivity index (χ0v) is 13.4. The van der Waals surface area contributed by atoms with Gasteiger partial charge in [-0.05, 0) is 36.8 Å². The molecule has 0 amide bonds. The van der Waals surface area contributed by atoms with Crippen LogP contribution in [0.3, 0.4) is 0 Å². The van der Waals surface area contributed by atoms with Crippen LogP contribution >= 0.6 is 0 Å². The molecule has 1 fully saturated rings. The first kappa shape index (κ1) is 16.5. The number of carbonyl (C=O) groups is 1. The predicted octanol–water partition coefficient (Wildman–Crippen LogP) is 4.36. The third kappa shape index (κ3) is 3.84. The molecule has 1 aliphatic carbocycles. The Kier molecular flexibility index (Phi) is 4.84. The molecule has 5 nitrogen and oxygen atoms in total. The lowest BCUT2D eigenvalue weighted by Gasteiger charge is -2.39. The zero-order chi connectivity index (χ0) is 16.3. The molecule has 22 heavy (non-hydrogen) atoms. The van der Waals surface area contributed by atoms with Crippen LogP contribution < -0.4 is 0 Å². The third-order valence-corrected chi connectivity index (χ3v) is 4.39. The zero-order valence-electron chi connectivity index (χ0n) is 13.4. The second-order valence-corrected chi connectivity index (χ2v) is 7.00. The van der Waals surface area contributed by atoms with E-state index in [0.717, 1.165) is 19.3 Å². The number of rotatable bonds is 3. The summed E-state index contributed by atoms with van der Waals surface area (Å²) in [5.74, 6) is -0.0423. The van der Waals surface area contributed by atoms with Crippen LogP contribution in [-0.4, -0.2) is 17.0 Å². The number of carbonyl (C=O) groups excluding carboxylic acids is 1. The average molecular weight is 305 g/mol. The molecule has 1 saturated carbocycles. The Morgan fingerprint density at radius 1 is 1.18 bits per heavy atom. The third-order valence-electron chi connectivity index (χ3n) is 4.39. The van der Waals surface area contributed by atoms with Crippen molar-refractivity contribution in [1.29, 1.82) is 0 Å². The van der Waals surface area contributed by atoms with Crippen LogP contribution in [0.2, 0.25) is 0 Å². The van der Waals surface area contributed by atoms with Crippen molar-refractivity contribution in [3.8, 4) is 0 Å². The maximum Gasteiger partial charge on any atom is 0.338 e. The molecule has 0 radical (unpaired) electrons. The molecule has 1 aromatic carbocycles. The van der Waals surface area contributed by atoms with Crippen molar-refractivity contribution in [2.75, 3.05) is 0 Å². The highest BCUT2D eigenvalue weighted by Gasteiger charge is 2.36. The summed E-state index contributed by atoms with van der Waals surface area (Å²) in [6, 6.07) is 5.57. The van der Waals surface area contributed by atoms with E-state index < -0.39 is 10.9 Å².